The number of carbonyl (C=O) groups excluding carboxylic acids is 1. The number of aromatic nitrogens is 2. The summed E-state index contributed by atoms with van der Waals surface area (Å²) >= 11 is 6.04. The van der Waals surface area contributed by atoms with Gasteiger partial charge in [-0.25, -0.2) is 14.4 Å². The lowest BCUT2D eigenvalue weighted by atomic mass is 9.96. The normalized spacial score (nSPS) is 14.2. The van der Waals surface area contributed by atoms with Gasteiger partial charge in [-0.2, -0.15) is 0 Å². The van der Waals surface area contributed by atoms with Gasteiger partial charge >= 0.3 is 0 Å². The van der Waals surface area contributed by atoms with Gasteiger partial charge in [0.15, 0.2) is 0 Å². The summed E-state index contributed by atoms with van der Waals surface area (Å²) in [7, 11) is 0. The first kappa shape index (κ1) is 23.0. The van der Waals surface area contributed by atoms with Crippen molar-refractivity contribution in [1.29, 1.82) is 0 Å². The van der Waals surface area contributed by atoms with E-state index in [9.17, 15) is 9.18 Å². The molecule has 8 heteroatoms. The number of piperidine rings is 1. The van der Waals surface area contributed by atoms with Crippen molar-refractivity contribution in [2.45, 2.75) is 32.7 Å². The van der Waals surface area contributed by atoms with Crippen molar-refractivity contribution in [1.82, 2.24) is 15.3 Å². The molecule has 2 aromatic carbocycles. The lowest BCUT2D eigenvalue weighted by Gasteiger charge is -2.32. The zero-order chi connectivity index (χ0) is 23.2. The molecule has 0 unspecified atom stereocenters. The summed E-state index contributed by atoms with van der Waals surface area (Å²) in [5.74, 6) is 1.50. The molecule has 6 nitrogen and oxygen atoms in total. The van der Waals surface area contributed by atoms with Crippen LogP contribution in [0.1, 0.15) is 30.9 Å². The second kappa shape index (κ2) is 10.6. The summed E-state index contributed by atoms with van der Waals surface area (Å²) in [6, 6.07) is 14.0. The molecule has 0 bridgehead atoms. The van der Waals surface area contributed by atoms with Crippen LogP contribution >= 0.6 is 11.6 Å². The highest BCUT2D eigenvalue weighted by molar-refractivity contribution is 6.31. The number of carbonyl (C=O) groups is 1. The van der Waals surface area contributed by atoms with Crippen LogP contribution in [0.2, 0.25) is 5.02 Å². The monoisotopic (exact) mass is 468 g/mol. The summed E-state index contributed by atoms with van der Waals surface area (Å²) in [5, 5.41) is 3.23. The predicted octanol–water partition coefficient (Wildman–Crippen LogP) is 5.16. The Morgan fingerprint density at radius 2 is 1.91 bits per heavy atom. The van der Waals surface area contributed by atoms with Crippen LogP contribution in [0, 0.1) is 11.7 Å². The second-order valence-corrected chi connectivity index (χ2v) is 8.44. The third kappa shape index (κ3) is 5.99. The summed E-state index contributed by atoms with van der Waals surface area (Å²) in [6.45, 7) is 3.80. The average Bonchev–Trinajstić information content (AvgIpc) is 2.84. The van der Waals surface area contributed by atoms with Gasteiger partial charge in [0, 0.05) is 36.6 Å². The molecule has 1 aromatic heterocycles. The van der Waals surface area contributed by atoms with E-state index in [-0.39, 0.29) is 18.4 Å². The largest absolute Gasteiger partial charge is 0.439 e. The molecule has 0 aliphatic carbocycles. The van der Waals surface area contributed by atoms with Crippen LogP contribution in [-0.4, -0.2) is 29.0 Å². The fraction of sp³-hybridized carbons (Fsp3) is 0.320. The first-order chi connectivity index (χ1) is 16.0. The number of hydrogen-bond acceptors (Lipinski definition) is 5. The van der Waals surface area contributed by atoms with Crippen molar-refractivity contribution in [3.05, 3.63) is 76.8 Å². The van der Waals surface area contributed by atoms with Crippen LogP contribution in [-0.2, 0) is 17.8 Å². The molecule has 4 rings (SSSR count). The van der Waals surface area contributed by atoms with E-state index in [1.165, 1.54) is 24.0 Å². The van der Waals surface area contributed by atoms with Gasteiger partial charge in [0.1, 0.15) is 23.7 Å². The third-order valence-electron chi connectivity index (χ3n) is 5.84. The Labute approximate surface area is 197 Å². The van der Waals surface area contributed by atoms with Crippen molar-refractivity contribution in [2.75, 3.05) is 18.0 Å². The molecule has 3 aromatic rings. The van der Waals surface area contributed by atoms with Gasteiger partial charge < -0.3 is 15.0 Å². The van der Waals surface area contributed by atoms with Gasteiger partial charge in [0.05, 0.1) is 0 Å². The van der Waals surface area contributed by atoms with Crippen LogP contribution < -0.4 is 15.0 Å². The second-order valence-electron chi connectivity index (χ2n) is 8.03. The van der Waals surface area contributed by atoms with Gasteiger partial charge in [-0.15, -0.1) is 0 Å². The van der Waals surface area contributed by atoms with Crippen LogP contribution in [0.5, 0.6) is 11.6 Å². The molecular formula is C25H26ClFN4O2. The number of nitrogens with one attached hydrogen (secondary N) is 1. The number of nitrogens with zero attached hydrogens (tertiary/aromatic N) is 3. The van der Waals surface area contributed by atoms with Crippen LogP contribution in [0.4, 0.5) is 10.2 Å². The molecular weight excluding hydrogens is 443 g/mol. The molecule has 1 fully saturated rings. The lowest BCUT2D eigenvalue weighted by Crippen LogP contribution is -2.40. The minimum absolute atomic E-state index is 0.0164. The lowest BCUT2D eigenvalue weighted by molar-refractivity contribution is -0.125. The van der Waals surface area contributed by atoms with E-state index in [1.54, 1.807) is 6.07 Å². The average molecular weight is 469 g/mol. The summed E-state index contributed by atoms with van der Waals surface area (Å²) in [6.07, 6.45) is 3.89. The van der Waals surface area contributed by atoms with Gasteiger partial charge in [-0.3, -0.25) is 4.79 Å². The minimum atomic E-state index is -0.393. The SMILES string of the molecule is CCc1ccc(Oc2cc(N3CCC(C(=O)NCc4ccc(F)cc4Cl)CC3)ncn2)cc1. The summed E-state index contributed by atoms with van der Waals surface area (Å²) in [4.78, 5) is 23.3. The molecule has 1 aliphatic heterocycles. The Bertz CT molecular complexity index is 1100. The maximum atomic E-state index is 13.2. The smallest absolute Gasteiger partial charge is 0.224 e. The summed E-state index contributed by atoms with van der Waals surface area (Å²) in [5.41, 5.74) is 1.94. The molecule has 0 atom stereocenters. The van der Waals surface area contributed by atoms with Crippen molar-refractivity contribution < 1.29 is 13.9 Å². The quantitative estimate of drug-likeness (QED) is 0.519. The van der Waals surface area contributed by atoms with Crippen LogP contribution in [0.15, 0.2) is 54.9 Å². The highest BCUT2D eigenvalue weighted by atomic mass is 35.5. The van der Waals surface area contributed by atoms with Crippen LogP contribution in [0.25, 0.3) is 0 Å². The van der Waals surface area contributed by atoms with Crippen molar-refractivity contribution in [2.24, 2.45) is 5.92 Å². The van der Waals surface area contributed by atoms with Crippen LogP contribution in [0.3, 0.4) is 0 Å². The molecule has 1 amide bonds. The topological polar surface area (TPSA) is 67.3 Å². The Morgan fingerprint density at radius 1 is 1.15 bits per heavy atom. The number of amides is 1. The molecule has 1 aliphatic rings. The molecule has 33 heavy (non-hydrogen) atoms. The first-order valence-corrected chi connectivity index (χ1v) is 11.4. The standard InChI is InChI=1S/C25H26ClFN4O2/c1-2-17-3-7-21(8-4-17)33-24-14-23(29-16-30-24)31-11-9-18(10-12-31)25(32)28-15-19-5-6-20(27)13-22(19)26/h3-8,13-14,16,18H,2,9-12,15H2,1H3,(H,28,32). The minimum Gasteiger partial charge on any atom is -0.439 e. The van der Waals surface area contributed by atoms with Crippen molar-refractivity contribution in [3.63, 3.8) is 0 Å². The van der Waals surface area contributed by atoms with Crippen molar-refractivity contribution >= 4 is 23.3 Å². The summed E-state index contributed by atoms with van der Waals surface area (Å²) < 4.78 is 19.1. The van der Waals surface area contributed by atoms with E-state index in [1.807, 2.05) is 30.3 Å². The van der Waals surface area contributed by atoms with Gasteiger partial charge in [0.25, 0.3) is 0 Å². The number of anilines is 1. The number of benzene rings is 2. The van der Waals surface area contributed by atoms with E-state index in [0.29, 0.717) is 42.4 Å². The van der Waals surface area contributed by atoms with E-state index >= 15 is 0 Å². The van der Waals surface area contributed by atoms with Gasteiger partial charge in [-0.05, 0) is 54.7 Å². The number of ether oxygens (including phenoxy) is 1. The van der Waals surface area contributed by atoms with Gasteiger partial charge in [0.2, 0.25) is 11.8 Å². The molecule has 0 saturated carbocycles. The zero-order valence-corrected chi connectivity index (χ0v) is 19.2. The Hall–Kier alpha value is -3.19. The zero-order valence-electron chi connectivity index (χ0n) is 18.4. The Kier molecular flexibility index (Phi) is 7.40. The maximum Gasteiger partial charge on any atom is 0.224 e. The van der Waals surface area contributed by atoms with Gasteiger partial charge in [-0.1, -0.05) is 36.7 Å². The Morgan fingerprint density at radius 3 is 2.61 bits per heavy atom. The van der Waals surface area contributed by atoms with E-state index in [4.69, 9.17) is 16.3 Å². The van der Waals surface area contributed by atoms with E-state index in [0.717, 1.165) is 18.0 Å². The maximum absolute atomic E-state index is 13.2. The molecule has 0 radical (unpaired) electrons. The molecule has 0 spiro atoms. The molecule has 172 valence electrons. The highest BCUT2D eigenvalue weighted by Gasteiger charge is 2.26. The fourth-order valence-corrected chi connectivity index (χ4v) is 4.07. The fourth-order valence-electron chi connectivity index (χ4n) is 3.84. The highest BCUT2D eigenvalue weighted by Crippen LogP contribution is 2.26. The van der Waals surface area contributed by atoms with E-state index in [2.05, 4.69) is 27.1 Å². The number of hydrogen-bond donors (Lipinski definition) is 1. The number of aryl methyl sites for hydroxylation is 1. The third-order valence-corrected chi connectivity index (χ3v) is 6.19. The number of rotatable bonds is 7. The molecule has 1 N–H and O–H groups in total. The molecule has 1 saturated heterocycles. The molecule has 2 heterocycles. The van der Waals surface area contributed by atoms with Crippen molar-refractivity contribution in [3.8, 4) is 11.6 Å². The first-order valence-electron chi connectivity index (χ1n) is 11.1. The number of halogens is 2. The Balaban J connectivity index is 1.30. The predicted molar refractivity (Wildman–Crippen MR) is 126 cm³/mol. The van der Waals surface area contributed by atoms with E-state index < -0.39 is 5.82 Å².